The maximum Gasteiger partial charge on any atom is 0.355 e. The Morgan fingerprint density at radius 1 is 1.17 bits per heavy atom. The van der Waals surface area contributed by atoms with Gasteiger partial charge in [-0.05, 0) is 24.6 Å². The van der Waals surface area contributed by atoms with Crippen LogP contribution in [0.2, 0.25) is 0 Å². The Labute approximate surface area is 104 Å². The Morgan fingerprint density at radius 3 is 2.61 bits per heavy atom. The Morgan fingerprint density at radius 2 is 1.94 bits per heavy atom. The molecule has 0 aliphatic carbocycles. The number of aromatic carboxylic acids is 1. The van der Waals surface area contributed by atoms with Crippen LogP contribution in [-0.4, -0.2) is 21.8 Å². The van der Waals surface area contributed by atoms with Crippen LogP contribution in [0.25, 0.3) is 11.1 Å². The molecule has 2 aromatic rings. The maximum atomic E-state index is 11.3. The molecule has 0 amide bonds. The first-order chi connectivity index (χ1) is 8.59. The molecule has 18 heavy (non-hydrogen) atoms. The van der Waals surface area contributed by atoms with E-state index in [9.17, 15) is 9.59 Å². The van der Waals surface area contributed by atoms with E-state index < -0.39 is 5.97 Å². The fraction of sp³-hybridized carbons (Fsp3) is 0.0714. The van der Waals surface area contributed by atoms with Gasteiger partial charge < -0.3 is 5.11 Å². The molecule has 1 aromatic carbocycles. The highest BCUT2D eigenvalue weighted by Gasteiger charge is 2.13. The summed E-state index contributed by atoms with van der Waals surface area (Å²) < 4.78 is 0. The number of carboxylic acids is 1. The molecule has 1 aromatic heterocycles. The number of carbonyl (C=O) groups excluding carboxylic acids is 1. The lowest BCUT2D eigenvalue weighted by molar-refractivity contribution is 0.0691. The minimum Gasteiger partial charge on any atom is -0.476 e. The van der Waals surface area contributed by atoms with Crippen LogP contribution in [0.5, 0.6) is 0 Å². The Kier molecular flexibility index (Phi) is 3.19. The summed E-state index contributed by atoms with van der Waals surface area (Å²) in [6.45, 7) is 1.47. The van der Waals surface area contributed by atoms with E-state index in [0.29, 0.717) is 16.7 Å². The van der Waals surface area contributed by atoms with Crippen LogP contribution < -0.4 is 0 Å². The van der Waals surface area contributed by atoms with Crippen molar-refractivity contribution in [3.8, 4) is 11.1 Å². The monoisotopic (exact) mass is 241 g/mol. The van der Waals surface area contributed by atoms with Crippen molar-refractivity contribution < 1.29 is 14.7 Å². The number of nitrogens with zero attached hydrogens (tertiary/aromatic N) is 1. The lowest BCUT2D eigenvalue weighted by atomic mass is 10.0. The standard InChI is InChI=1S/C14H11NO3/c1-9(16)10-4-2-5-11(8-10)12-6-3-7-15-13(12)14(17)18/h2-8H,1H3,(H,17,18). The smallest absolute Gasteiger partial charge is 0.355 e. The molecule has 0 aliphatic rings. The fourth-order valence-electron chi connectivity index (χ4n) is 1.71. The number of carbonyl (C=O) groups is 2. The van der Waals surface area contributed by atoms with E-state index in [1.54, 1.807) is 36.4 Å². The molecule has 1 N–H and O–H groups in total. The zero-order valence-corrected chi connectivity index (χ0v) is 9.75. The van der Waals surface area contributed by atoms with Crippen molar-refractivity contribution in [2.75, 3.05) is 0 Å². The summed E-state index contributed by atoms with van der Waals surface area (Å²) in [7, 11) is 0. The van der Waals surface area contributed by atoms with E-state index in [1.807, 2.05) is 0 Å². The number of hydrogen-bond acceptors (Lipinski definition) is 3. The molecule has 0 saturated heterocycles. The Bertz CT molecular complexity index is 620. The van der Waals surface area contributed by atoms with Gasteiger partial charge in [-0.25, -0.2) is 9.78 Å². The topological polar surface area (TPSA) is 67.3 Å². The predicted molar refractivity (Wildman–Crippen MR) is 66.6 cm³/mol. The molecular weight excluding hydrogens is 230 g/mol. The van der Waals surface area contributed by atoms with Crippen LogP contribution in [0.3, 0.4) is 0 Å². The summed E-state index contributed by atoms with van der Waals surface area (Å²) in [6, 6.07) is 10.2. The van der Waals surface area contributed by atoms with Gasteiger partial charge in [-0.2, -0.15) is 0 Å². The van der Waals surface area contributed by atoms with Gasteiger partial charge in [0.05, 0.1) is 0 Å². The van der Waals surface area contributed by atoms with Crippen LogP contribution in [-0.2, 0) is 0 Å². The number of aromatic nitrogens is 1. The molecular formula is C14H11NO3. The first-order valence-electron chi connectivity index (χ1n) is 5.39. The minimum absolute atomic E-state index is 0.0156. The lowest BCUT2D eigenvalue weighted by Gasteiger charge is -2.06. The van der Waals surface area contributed by atoms with Crippen molar-refractivity contribution in [1.82, 2.24) is 4.98 Å². The fourth-order valence-corrected chi connectivity index (χ4v) is 1.71. The summed E-state index contributed by atoms with van der Waals surface area (Å²) in [5, 5.41) is 9.08. The minimum atomic E-state index is -1.08. The zero-order valence-electron chi connectivity index (χ0n) is 9.75. The Balaban J connectivity index is 2.58. The van der Waals surface area contributed by atoms with Gasteiger partial charge in [0.15, 0.2) is 11.5 Å². The van der Waals surface area contributed by atoms with Gasteiger partial charge in [-0.15, -0.1) is 0 Å². The number of ketones is 1. The molecule has 0 spiro atoms. The molecule has 0 atom stereocenters. The van der Waals surface area contributed by atoms with Gasteiger partial charge in [-0.3, -0.25) is 4.79 Å². The number of benzene rings is 1. The molecule has 2 rings (SSSR count). The average Bonchev–Trinajstić information content (AvgIpc) is 2.39. The van der Waals surface area contributed by atoms with Crippen molar-refractivity contribution in [1.29, 1.82) is 0 Å². The molecule has 0 bridgehead atoms. The molecule has 0 aliphatic heterocycles. The summed E-state index contributed by atoms with van der Waals surface area (Å²) >= 11 is 0. The molecule has 0 unspecified atom stereocenters. The van der Waals surface area contributed by atoms with E-state index >= 15 is 0 Å². The van der Waals surface area contributed by atoms with Gasteiger partial charge in [-0.1, -0.05) is 24.3 Å². The van der Waals surface area contributed by atoms with Gasteiger partial charge >= 0.3 is 5.97 Å². The maximum absolute atomic E-state index is 11.3. The van der Waals surface area contributed by atoms with Crippen LogP contribution in [0.15, 0.2) is 42.6 Å². The Hall–Kier alpha value is -2.49. The molecule has 0 fully saturated rings. The zero-order chi connectivity index (χ0) is 13.1. The highest BCUT2D eigenvalue weighted by atomic mass is 16.4. The third-order valence-corrected chi connectivity index (χ3v) is 2.59. The second-order valence-corrected chi connectivity index (χ2v) is 3.84. The second kappa shape index (κ2) is 4.79. The van der Waals surface area contributed by atoms with Crippen molar-refractivity contribution in [3.05, 3.63) is 53.9 Å². The molecule has 4 nitrogen and oxygen atoms in total. The number of rotatable bonds is 3. The van der Waals surface area contributed by atoms with Crippen LogP contribution in [0.4, 0.5) is 0 Å². The lowest BCUT2D eigenvalue weighted by Crippen LogP contribution is -2.03. The van der Waals surface area contributed by atoms with Gasteiger partial charge in [0, 0.05) is 17.3 Å². The SMILES string of the molecule is CC(=O)c1cccc(-c2cccnc2C(=O)O)c1. The van der Waals surface area contributed by atoms with Gasteiger partial charge in [0.1, 0.15) is 0 Å². The first-order valence-corrected chi connectivity index (χ1v) is 5.39. The molecule has 1 heterocycles. The number of Topliss-reactive ketones (excluding diaryl/α,β-unsaturated/α-hetero) is 1. The molecule has 0 saturated carbocycles. The molecule has 90 valence electrons. The predicted octanol–water partition coefficient (Wildman–Crippen LogP) is 2.65. The number of hydrogen-bond donors (Lipinski definition) is 1. The first kappa shape index (κ1) is 12.0. The van der Waals surface area contributed by atoms with E-state index in [2.05, 4.69) is 4.98 Å². The van der Waals surface area contributed by atoms with E-state index in [1.165, 1.54) is 13.1 Å². The van der Waals surface area contributed by atoms with Crippen LogP contribution in [0, 0.1) is 0 Å². The van der Waals surface area contributed by atoms with E-state index in [0.717, 1.165) is 0 Å². The third kappa shape index (κ3) is 2.27. The summed E-state index contributed by atoms with van der Waals surface area (Å²) in [5.74, 6) is -1.14. The normalized spacial score (nSPS) is 10.1. The van der Waals surface area contributed by atoms with Crippen molar-refractivity contribution in [3.63, 3.8) is 0 Å². The quantitative estimate of drug-likeness (QED) is 0.839. The summed E-state index contributed by atoms with van der Waals surface area (Å²) in [5.41, 5.74) is 1.71. The van der Waals surface area contributed by atoms with Crippen LogP contribution in [0.1, 0.15) is 27.8 Å². The highest BCUT2D eigenvalue weighted by molar-refractivity contribution is 5.97. The summed E-state index contributed by atoms with van der Waals surface area (Å²) in [4.78, 5) is 26.2. The number of carboxylic acid groups (broad SMARTS) is 1. The van der Waals surface area contributed by atoms with Crippen molar-refractivity contribution >= 4 is 11.8 Å². The van der Waals surface area contributed by atoms with Crippen molar-refractivity contribution in [2.45, 2.75) is 6.92 Å². The largest absolute Gasteiger partial charge is 0.476 e. The van der Waals surface area contributed by atoms with E-state index in [-0.39, 0.29) is 11.5 Å². The van der Waals surface area contributed by atoms with Crippen molar-refractivity contribution in [2.24, 2.45) is 0 Å². The highest BCUT2D eigenvalue weighted by Crippen LogP contribution is 2.23. The van der Waals surface area contributed by atoms with E-state index in [4.69, 9.17) is 5.11 Å². The average molecular weight is 241 g/mol. The molecule has 0 radical (unpaired) electrons. The van der Waals surface area contributed by atoms with Gasteiger partial charge in [0.25, 0.3) is 0 Å². The number of pyridine rings is 1. The molecule has 4 heteroatoms. The summed E-state index contributed by atoms with van der Waals surface area (Å²) in [6.07, 6.45) is 1.43. The second-order valence-electron chi connectivity index (χ2n) is 3.84. The third-order valence-electron chi connectivity index (χ3n) is 2.59. The van der Waals surface area contributed by atoms with Crippen LogP contribution >= 0.6 is 0 Å². The van der Waals surface area contributed by atoms with Gasteiger partial charge in [0.2, 0.25) is 0 Å².